The second kappa shape index (κ2) is 31.4. The number of rotatable bonds is 32. The van der Waals surface area contributed by atoms with Gasteiger partial charge in [0.25, 0.3) is 0 Å². The zero-order chi connectivity index (χ0) is 31.0. The molecule has 0 spiro atoms. The normalized spacial score (nSPS) is 14.1. The van der Waals surface area contributed by atoms with Gasteiger partial charge in [0.1, 0.15) is 6.10 Å². The lowest BCUT2D eigenvalue weighted by Gasteiger charge is -2.20. The lowest BCUT2D eigenvalue weighted by atomic mass is 10.1. The summed E-state index contributed by atoms with van der Waals surface area (Å²) in [6, 6.07) is 0. The topological polar surface area (TPSA) is 117 Å². The highest BCUT2D eigenvalue weighted by Crippen LogP contribution is 2.43. The van der Waals surface area contributed by atoms with Crippen LogP contribution in [0.15, 0.2) is 24.3 Å². The highest BCUT2D eigenvalue weighted by atomic mass is 31.2. The van der Waals surface area contributed by atoms with E-state index in [2.05, 4.69) is 38.2 Å². The second-order valence-corrected chi connectivity index (χ2v) is 12.5. The number of phosphoric ester groups is 1. The molecule has 0 aromatic heterocycles. The van der Waals surface area contributed by atoms with E-state index in [9.17, 15) is 14.3 Å². The second-order valence-electron chi connectivity index (χ2n) is 11.0. The maximum absolute atomic E-state index is 12.4. The minimum absolute atomic E-state index is 0.0963. The molecular weight excluding hydrogens is 553 g/mol. The van der Waals surface area contributed by atoms with Gasteiger partial charge in [-0.1, -0.05) is 115 Å². The Morgan fingerprint density at radius 2 is 1.26 bits per heavy atom. The van der Waals surface area contributed by atoms with E-state index in [0.717, 1.165) is 44.9 Å². The lowest BCUT2D eigenvalue weighted by Crippen LogP contribution is -2.28. The molecule has 0 aromatic carbocycles. The highest BCUT2D eigenvalue weighted by Gasteiger charge is 2.25. The number of hydrogen-bond acceptors (Lipinski definition) is 7. The molecular formula is C33H64NO7P. The summed E-state index contributed by atoms with van der Waals surface area (Å²) in [4.78, 5) is 22.2. The number of nitrogens with two attached hydrogens (primary N) is 1. The Morgan fingerprint density at radius 1 is 0.714 bits per heavy atom. The molecule has 248 valence electrons. The number of esters is 1. The van der Waals surface area contributed by atoms with Crippen molar-refractivity contribution in [1.29, 1.82) is 0 Å². The molecule has 42 heavy (non-hydrogen) atoms. The predicted molar refractivity (Wildman–Crippen MR) is 173 cm³/mol. The smallest absolute Gasteiger partial charge is 0.457 e. The number of carbonyl (C=O) groups is 1. The van der Waals surface area contributed by atoms with Gasteiger partial charge < -0.3 is 20.1 Å². The van der Waals surface area contributed by atoms with Crippen molar-refractivity contribution in [3.05, 3.63) is 24.3 Å². The first kappa shape index (κ1) is 41.0. The van der Waals surface area contributed by atoms with Crippen LogP contribution in [0.2, 0.25) is 0 Å². The van der Waals surface area contributed by atoms with E-state index in [1.807, 2.05) is 0 Å². The van der Waals surface area contributed by atoms with Crippen molar-refractivity contribution < 1.29 is 32.8 Å². The fraction of sp³-hybridized carbons (Fsp3) is 0.848. The fourth-order valence-electron chi connectivity index (χ4n) is 4.38. The van der Waals surface area contributed by atoms with Crippen molar-refractivity contribution in [1.82, 2.24) is 0 Å². The molecule has 2 atom stereocenters. The largest absolute Gasteiger partial charge is 0.472 e. The van der Waals surface area contributed by atoms with Crippen molar-refractivity contribution in [2.24, 2.45) is 5.73 Å². The van der Waals surface area contributed by atoms with E-state index in [4.69, 9.17) is 24.3 Å². The van der Waals surface area contributed by atoms with Crippen molar-refractivity contribution in [3.63, 3.8) is 0 Å². The van der Waals surface area contributed by atoms with Gasteiger partial charge in [0, 0.05) is 19.6 Å². The minimum atomic E-state index is -4.26. The van der Waals surface area contributed by atoms with Crippen LogP contribution >= 0.6 is 7.82 Å². The molecule has 2 unspecified atom stereocenters. The summed E-state index contributed by atoms with van der Waals surface area (Å²) in [5.74, 6) is -0.343. The fourth-order valence-corrected chi connectivity index (χ4v) is 5.14. The highest BCUT2D eigenvalue weighted by molar-refractivity contribution is 7.47. The molecule has 0 bridgehead atoms. The molecule has 0 aliphatic carbocycles. The molecule has 0 fully saturated rings. The summed E-state index contributed by atoms with van der Waals surface area (Å²) in [6.07, 6.45) is 30.6. The maximum atomic E-state index is 12.4. The Bertz CT molecular complexity index is 702. The molecule has 0 aliphatic heterocycles. The lowest BCUT2D eigenvalue weighted by molar-refractivity contribution is -0.154. The summed E-state index contributed by atoms with van der Waals surface area (Å²) in [6.45, 7) is 4.82. The van der Waals surface area contributed by atoms with E-state index in [-0.39, 0.29) is 32.3 Å². The van der Waals surface area contributed by atoms with Crippen LogP contribution in [-0.2, 0) is 27.9 Å². The number of unbranched alkanes of at least 4 members (excludes halogenated alkanes) is 15. The monoisotopic (exact) mass is 617 g/mol. The van der Waals surface area contributed by atoms with Crippen molar-refractivity contribution >= 4 is 13.8 Å². The third kappa shape index (κ3) is 30.4. The molecule has 8 nitrogen and oxygen atoms in total. The molecule has 0 saturated carbocycles. The first-order chi connectivity index (χ1) is 20.4. The van der Waals surface area contributed by atoms with Crippen LogP contribution in [0.25, 0.3) is 0 Å². The van der Waals surface area contributed by atoms with Crippen molar-refractivity contribution in [3.8, 4) is 0 Å². The van der Waals surface area contributed by atoms with E-state index >= 15 is 0 Å². The Balaban J connectivity index is 4.05. The number of ether oxygens (including phenoxy) is 2. The van der Waals surface area contributed by atoms with Crippen molar-refractivity contribution in [2.75, 3.05) is 33.0 Å². The molecule has 0 aliphatic rings. The van der Waals surface area contributed by atoms with E-state index in [1.54, 1.807) is 0 Å². The standard InChI is InChI=1S/C33H64NO7P/c1-3-5-7-9-11-12-13-14-15-16-17-18-19-20-21-22-24-26-33(35)41-32(31-40-42(36,37)39-29-27-34)30-38-28-25-23-10-8-6-4-2/h11-12,14-15,32H,3-10,13,16-31,34H2,1-2H3,(H,36,37)/b12-11-,15-14-. The summed E-state index contributed by atoms with van der Waals surface area (Å²) in [7, 11) is -4.26. The molecule has 3 N–H and O–H groups in total. The Morgan fingerprint density at radius 3 is 1.90 bits per heavy atom. The first-order valence-electron chi connectivity index (χ1n) is 16.8. The number of carbonyl (C=O) groups excluding carboxylic acids is 1. The Kier molecular flexibility index (Phi) is 30.6. The molecule has 0 saturated heterocycles. The number of allylic oxidation sites excluding steroid dienone is 4. The van der Waals surface area contributed by atoms with Gasteiger partial charge in [-0.3, -0.25) is 13.8 Å². The van der Waals surface area contributed by atoms with Crippen LogP contribution < -0.4 is 5.73 Å². The molecule has 0 heterocycles. The molecule has 0 aromatic rings. The van der Waals surface area contributed by atoms with Gasteiger partial charge in [0.05, 0.1) is 19.8 Å². The van der Waals surface area contributed by atoms with Crippen LogP contribution in [0, 0.1) is 0 Å². The molecule has 0 amide bonds. The van der Waals surface area contributed by atoms with Gasteiger partial charge in [-0.25, -0.2) is 4.57 Å². The van der Waals surface area contributed by atoms with Crippen LogP contribution in [0.4, 0.5) is 0 Å². The van der Waals surface area contributed by atoms with Gasteiger partial charge in [-0.05, 0) is 44.9 Å². The SMILES string of the molecule is CCCCC/C=C\C/C=C\CCCCCCCCCC(=O)OC(COCCCCCCCC)COP(=O)(O)OCCN. The van der Waals surface area contributed by atoms with Crippen LogP contribution in [0.1, 0.15) is 142 Å². The molecule has 0 radical (unpaired) electrons. The quantitative estimate of drug-likeness (QED) is 0.0332. The summed E-state index contributed by atoms with van der Waals surface area (Å²) < 4.78 is 33.0. The van der Waals surface area contributed by atoms with Crippen LogP contribution in [0.5, 0.6) is 0 Å². The summed E-state index contributed by atoms with van der Waals surface area (Å²) >= 11 is 0. The first-order valence-corrected chi connectivity index (χ1v) is 18.3. The van der Waals surface area contributed by atoms with Crippen LogP contribution in [-0.4, -0.2) is 49.9 Å². The van der Waals surface area contributed by atoms with Gasteiger partial charge in [0.15, 0.2) is 0 Å². The third-order valence-electron chi connectivity index (χ3n) is 6.87. The average Bonchev–Trinajstić information content (AvgIpc) is 2.97. The average molecular weight is 618 g/mol. The molecule has 9 heteroatoms. The summed E-state index contributed by atoms with van der Waals surface area (Å²) in [5, 5.41) is 0. The number of hydrogen-bond donors (Lipinski definition) is 2. The minimum Gasteiger partial charge on any atom is -0.457 e. The third-order valence-corrected chi connectivity index (χ3v) is 7.86. The van der Waals surface area contributed by atoms with Gasteiger partial charge in [-0.15, -0.1) is 0 Å². The van der Waals surface area contributed by atoms with E-state index < -0.39 is 13.9 Å². The Labute approximate surface area is 257 Å². The van der Waals surface area contributed by atoms with E-state index in [0.29, 0.717) is 13.0 Å². The van der Waals surface area contributed by atoms with Crippen molar-refractivity contribution in [2.45, 2.75) is 148 Å². The van der Waals surface area contributed by atoms with E-state index in [1.165, 1.54) is 77.0 Å². The predicted octanol–water partition coefficient (Wildman–Crippen LogP) is 8.96. The van der Waals surface area contributed by atoms with Gasteiger partial charge >= 0.3 is 13.8 Å². The maximum Gasteiger partial charge on any atom is 0.472 e. The Hall–Kier alpha value is -1.02. The number of phosphoric acid groups is 1. The zero-order valence-corrected chi connectivity index (χ0v) is 27.9. The summed E-state index contributed by atoms with van der Waals surface area (Å²) in [5.41, 5.74) is 5.32. The van der Waals surface area contributed by atoms with Gasteiger partial charge in [-0.2, -0.15) is 0 Å². The zero-order valence-electron chi connectivity index (χ0n) is 27.0. The van der Waals surface area contributed by atoms with Crippen LogP contribution in [0.3, 0.4) is 0 Å². The van der Waals surface area contributed by atoms with Gasteiger partial charge in [0.2, 0.25) is 0 Å². The molecule has 0 rings (SSSR count).